The first-order valence-electron chi connectivity index (χ1n) is 20.8. The van der Waals surface area contributed by atoms with Gasteiger partial charge < -0.3 is 9.80 Å². The van der Waals surface area contributed by atoms with Crippen molar-refractivity contribution in [1.29, 1.82) is 0 Å². The van der Waals surface area contributed by atoms with Gasteiger partial charge in [-0.05, 0) is 138 Å². The van der Waals surface area contributed by atoms with Crippen LogP contribution in [0.15, 0.2) is 237 Å². The molecule has 0 aliphatic carbocycles. The minimum Gasteiger partial charge on any atom is -0.311 e. The van der Waals surface area contributed by atoms with E-state index in [1.165, 1.54) is 50.1 Å². The number of rotatable bonds is 12. The van der Waals surface area contributed by atoms with E-state index in [0.717, 1.165) is 40.5 Å². The van der Waals surface area contributed by atoms with E-state index in [2.05, 4.69) is 260 Å². The summed E-state index contributed by atoms with van der Waals surface area (Å²) in [6, 6.07) is 85.6. The molecular formula is C58H48N2. The van der Waals surface area contributed by atoms with Crippen molar-refractivity contribution in [2.45, 2.75) is 26.2 Å². The van der Waals surface area contributed by atoms with Crippen molar-refractivity contribution in [2.75, 3.05) is 9.80 Å². The summed E-state index contributed by atoms with van der Waals surface area (Å²) in [7, 11) is 0. The lowest BCUT2D eigenvalue weighted by Crippen LogP contribution is -2.10. The van der Waals surface area contributed by atoms with E-state index in [1.807, 2.05) is 0 Å². The topological polar surface area (TPSA) is 6.48 Å². The van der Waals surface area contributed by atoms with Crippen molar-refractivity contribution in [3.8, 4) is 22.3 Å². The Balaban J connectivity index is 0.964. The first-order valence-corrected chi connectivity index (χ1v) is 20.8. The van der Waals surface area contributed by atoms with Gasteiger partial charge in [0.05, 0.1) is 0 Å². The third-order valence-corrected chi connectivity index (χ3v) is 11.4. The molecule has 0 aromatic heterocycles. The molecule has 0 aliphatic heterocycles. The van der Waals surface area contributed by atoms with E-state index >= 15 is 0 Å². The van der Waals surface area contributed by atoms with Gasteiger partial charge in [0.2, 0.25) is 0 Å². The first-order chi connectivity index (χ1) is 29.6. The summed E-state index contributed by atoms with van der Waals surface area (Å²) < 4.78 is 0. The van der Waals surface area contributed by atoms with Crippen LogP contribution in [-0.4, -0.2) is 0 Å². The van der Waals surface area contributed by atoms with Crippen molar-refractivity contribution in [2.24, 2.45) is 0 Å². The largest absolute Gasteiger partial charge is 0.311 e. The quantitative estimate of drug-likeness (QED) is 0.122. The van der Waals surface area contributed by atoms with Crippen LogP contribution in [0.25, 0.3) is 22.3 Å². The molecule has 0 heterocycles. The highest BCUT2D eigenvalue weighted by Crippen LogP contribution is 2.39. The van der Waals surface area contributed by atoms with Crippen LogP contribution >= 0.6 is 0 Å². The van der Waals surface area contributed by atoms with Gasteiger partial charge in [-0.3, -0.25) is 0 Å². The number of nitrogens with zero attached hydrogens (tertiary/aromatic N) is 2. The Bertz CT molecular complexity index is 2760. The van der Waals surface area contributed by atoms with E-state index < -0.39 is 0 Å². The van der Waals surface area contributed by atoms with Crippen LogP contribution in [0.2, 0.25) is 0 Å². The van der Waals surface area contributed by atoms with Gasteiger partial charge in [-0.1, -0.05) is 169 Å². The van der Waals surface area contributed by atoms with Crippen LogP contribution in [0, 0.1) is 13.8 Å². The number of para-hydroxylation sites is 2. The molecule has 2 heteroatoms. The number of hydrogen-bond acceptors (Lipinski definition) is 2. The smallest absolute Gasteiger partial charge is 0.0464 e. The fraction of sp³-hybridized carbons (Fsp3) is 0.0690. The fourth-order valence-electron chi connectivity index (χ4n) is 8.30. The monoisotopic (exact) mass is 772 g/mol. The lowest BCUT2D eigenvalue weighted by atomic mass is 9.85. The van der Waals surface area contributed by atoms with Gasteiger partial charge in [0, 0.05) is 40.0 Å². The molecule has 0 unspecified atom stereocenters. The zero-order valence-electron chi connectivity index (χ0n) is 34.2. The van der Waals surface area contributed by atoms with Gasteiger partial charge in [0.25, 0.3) is 0 Å². The minimum absolute atomic E-state index is 0.280. The lowest BCUT2D eigenvalue weighted by Gasteiger charge is -2.26. The number of anilines is 6. The molecule has 0 saturated heterocycles. The Morgan fingerprint density at radius 2 is 0.667 bits per heavy atom. The molecule has 0 saturated carbocycles. The maximum absolute atomic E-state index is 2.33. The van der Waals surface area contributed by atoms with E-state index in [4.69, 9.17) is 0 Å². The lowest BCUT2D eigenvalue weighted by molar-refractivity contribution is 0.804. The zero-order valence-corrected chi connectivity index (χ0v) is 34.2. The van der Waals surface area contributed by atoms with E-state index in [1.54, 1.807) is 0 Å². The molecule has 0 N–H and O–H groups in total. The summed E-state index contributed by atoms with van der Waals surface area (Å²) >= 11 is 0. The Morgan fingerprint density at radius 3 is 1.12 bits per heavy atom. The van der Waals surface area contributed by atoms with Crippen LogP contribution < -0.4 is 9.80 Å². The molecule has 9 aromatic rings. The second kappa shape index (κ2) is 17.6. The van der Waals surface area contributed by atoms with Crippen LogP contribution in [-0.2, 0) is 6.42 Å². The number of benzene rings is 9. The Hall–Kier alpha value is -7.42. The molecule has 2 nitrogen and oxygen atoms in total. The van der Waals surface area contributed by atoms with Crippen LogP contribution in [0.3, 0.4) is 0 Å². The van der Waals surface area contributed by atoms with Crippen molar-refractivity contribution in [1.82, 2.24) is 0 Å². The predicted molar refractivity (Wildman–Crippen MR) is 255 cm³/mol. The van der Waals surface area contributed by atoms with Crippen LogP contribution in [0.4, 0.5) is 34.1 Å². The Labute approximate surface area is 355 Å². The molecule has 9 aromatic carbocycles. The maximum atomic E-state index is 2.33. The van der Waals surface area contributed by atoms with Crippen LogP contribution in [0.5, 0.6) is 0 Å². The molecular weight excluding hydrogens is 725 g/mol. The average molecular weight is 773 g/mol. The van der Waals surface area contributed by atoms with E-state index in [0.29, 0.717) is 0 Å². The number of hydrogen-bond donors (Lipinski definition) is 0. The molecule has 0 amide bonds. The van der Waals surface area contributed by atoms with Gasteiger partial charge in [-0.2, -0.15) is 0 Å². The summed E-state index contributed by atoms with van der Waals surface area (Å²) in [5.41, 5.74) is 18.0. The highest BCUT2D eigenvalue weighted by Gasteiger charge is 2.18. The molecule has 60 heavy (non-hydrogen) atoms. The standard InChI is InChI=1S/C58H48N2/c1-43-14-12-18-51(40-43)58(42-45-16-6-3-7-17-45)50-26-24-46(25-27-50)47-28-34-54(35-29-47)59(52-19-8-4-9-20-52)55-36-30-48(31-37-55)49-32-38-56(39-33-49)60(53-21-10-5-11-22-53)57-23-13-15-44(2)41-57/h3-41,58H,42H2,1-2H3/t58-/m1/s1. The Kier molecular flexibility index (Phi) is 11.2. The molecule has 0 aliphatic rings. The third kappa shape index (κ3) is 8.55. The molecule has 9 rings (SSSR count). The number of aryl methyl sites for hydroxylation is 2. The summed E-state index contributed by atoms with van der Waals surface area (Å²) in [5.74, 6) is 0.280. The second-order valence-electron chi connectivity index (χ2n) is 15.6. The first kappa shape index (κ1) is 38.1. The zero-order chi connectivity index (χ0) is 40.7. The molecule has 0 fully saturated rings. The summed E-state index contributed by atoms with van der Waals surface area (Å²) in [6.45, 7) is 4.32. The van der Waals surface area contributed by atoms with Gasteiger partial charge in [0.1, 0.15) is 0 Å². The second-order valence-corrected chi connectivity index (χ2v) is 15.6. The van der Waals surface area contributed by atoms with E-state index in [9.17, 15) is 0 Å². The molecule has 0 bridgehead atoms. The van der Waals surface area contributed by atoms with Gasteiger partial charge >= 0.3 is 0 Å². The summed E-state index contributed by atoms with van der Waals surface area (Å²) in [6.07, 6.45) is 0.961. The molecule has 0 radical (unpaired) electrons. The van der Waals surface area contributed by atoms with Crippen molar-refractivity contribution in [3.05, 3.63) is 264 Å². The molecule has 0 spiro atoms. The third-order valence-electron chi connectivity index (χ3n) is 11.4. The van der Waals surface area contributed by atoms with Crippen molar-refractivity contribution in [3.63, 3.8) is 0 Å². The van der Waals surface area contributed by atoms with Crippen molar-refractivity contribution >= 4 is 34.1 Å². The normalized spacial score (nSPS) is 11.5. The van der Waals surface area contributed by atoms with Gasteiger partial charge in [0.15, 0.2) is 0 Å². The highest BCUT2D eigenvalue weighted by molar-refractivity contribution is 5.81. The fourth-order valence-corrected chi connectivity index (χ4v) is 8.30. The Morgan fingerprint density at radius 1 is 0.300 bits per heavy atom. The predicted octanol–water partition coefficient (Wildman–Crippen LogP) is 16.0. The van der Waals surface area contributed by atoms with Gasteiger partial charge in [-0.15, -0.1) is 0 Å². The minimum atomic E-state index is 0.280. The summed E-state index contributed by atoms with van der Waals surface area (Å²) in [5, 5.41) is 0. The van der Waals surface area contributed by atoms with Crippen molar-refractivity contribution < 1.29 is 0 Å². The molecule has 1 atom stereocenters. The summed E-state index contributed by atoms with van der Waals surface area (Å²) in [4.78, 5) is 4.64. The SMILES string of the molecule is Cc1cccc([C@H](Cc2ccccc2)c2ccc(-c3ccc(N(c4ccccc4)c4ccc(-c5ccc(N(c6ccccc6)c6cccc(C)c6)cc5)cc4)cc3)cc2)c1. The molecule has 290 valence electrons. The average Bonchev–Trinajstić information content (AvgIpc) is 3.30. The highest BCUT2D eigenvalue weighted by atomic mass is 15.1. The van der Waals surface area contributed by atoms with E-state index in [-0.39, 0.29) is 5.92 Å². The van der Waals surface area contributed by atoms with Gasteiger partial charge in [-0.25, -0.2) is 0 Å². The van der Waals surface area contributed by atoms with Crippen LogP contribution in [0.1, 0.15) is 33.7 Å². The maximum Gasteiger partial charge on any atom is 0.0464 e.